The van der Waals surface area contributed by atoms with Gasteiger partial charge in [-0.2, -0.15) is 0 Å². The summed E-state index contributed by atoms with van der Waals surface area (Å²) in [7, 11) is 0. The fourth-order valence-corrected chi connectivity index (χ4v) is 9.57. The van der Waals surface area contributed by atoms with Crippen LogP contribution in [-0.4, -0.2) is 9.97 Å². The van der Waals surface area contributed by atoms with E-state index in [9.17, 15) is 0 Å². The van der Waals surface area contributed by atoms with Crippen molar-refractivity contribution in [1.29, 1.82) is 0 Å². The Morgan fingerprint density at radius 3 is 1.76 bits per heavy atom. The average Bonchev–Trinajstić information content (AvgIpc) is 3.81. The first-order valence-electron chi connectivity index (χ1n) is 21.8. The molecule has 2 heterocycles. The number of anilines is 3. The Labute approximate surface area is 362 Å². The van der Waals surface area contributed by atoms with Crippen LogP contribution in [0.5, 0.6) is 0 Å². The summed E-state index contributed by atoms with van der Waals surface area (Å²) in [6, 6.07) is 71.8. The maximum absolute atomic E-state index is 6.91. The Morgan fingerprint density at radius 1 is 0.452 bits per heavy atom. The van der Waals surface area contributed by atoms with Crippen molar-refractivity contribution >= 4 is 39.1 Å². The molecule has 1 aliphatic carbocycles. The van der Waals surface area contributed by atoms with Gasteiger partial charge in [0.05, 0.1) is 11.2 Å². The number of pyridine rings is 1. The zero-order valence-electron chi connectivity index (χ0n) is 34.5. The van der Waals surface area contributed by atoms with Gasteiger partial charge in [-0.3, -0.25) is 4.98 Å². The quantitative estimate of drug-likeness (QED) is 0.146. The summed E-state index contributed by atoms with van der Waals surface area (Å²) >= 11 is 0. The highest BCUT2D eigenvalue weighted by Gasteiger charge is 2.29. The summed E-state index contributed by atoms with van der Waals surface area (Å²) in [5.74, 6) is 1.13. The van der Waals surface area contributed by atoms with Gasteiger partial charge in [0.2, 0.25) is 5.89 Å². The molecule has 10 aromatic rings. The predicted molar refractivity (Wildman–Crippen MR) is 257 cm³/mol. The third-order valence-corrected chi connectivity index (χ3v) is 12.5. The lowest BCUT2D eigenvalue weighted by atomic mass is 9.80. The van der Waals surface area contributed by atoms with Gasteiger partial charge in [0.25, 0.3) is 0 Å². The lowest BCUT2D eigenvalue weighted by Gasteiger charge is -2.31. The Kier molecular flexibility index (Phi) is 9.95. The number of hydrogen-bond acceptors (Lipinski definition) is 4. The molecular formula is C58H45N3O. The SMILES string of the molecule is c1ccc(-c2cccc(-c3c(N(c4ccccc4)c4ccccc4)cc(-c4nc5c(ccc6cccnc65)o4)c(-c4ccccc4)c3-c3ccc(C4CCCCC4)cc3)c2)cc1. The predicted octanol–water partition coefficient (Wildman–Crippen LogP) is 16.2. The van der Waals surface area contributed by atoms with Gasteiger partial charge in [-0.05, 0) is 107 Å². The molecular weight excluding hydrogens is 755 g/mol. The monoisotopic (exact) mass is 799 g/mol. The number of fused-ring (bicyclic) bond motifs is 3. The van der Waals surface area contributed by atoms with Crippen molar-refractivity contribution in [2.75, 3.05) is 4.90 Å². The van der Waals surface area contributed by atoms with Gasteiger partial charge in [-0.1, -0.05) is 165 Å². The Balaban J connectivity index is 1.29. The van der Waals surface area contributed by atoms with E-state index in [-0.39, 0.29) is 0 Å². The largest absolute Gasteiger partial charge is 0.436 e. The Morgan fingerprint density at radius 2 is 1.06 bits per heavy atom. The van der Waals surface area contributed by atoms with Crippen LogP contribution >= 0.6 is 0 Å². The molecule has 1 aliphatic rings. The zero-order chi connectivity index (χ0) is 41.2. The first-order valence-corrected chi connectivity index (χ1v) is 21.8. The summed E-state index contributed by atoms with van der Waals surface area (Å²) < 4.78 is 6.91. The molecule has 4 nitrogen and oxygen atoms in total. The molecule has 0 N–H and O–H groups in total. The topological polar surface area (TPSA) is 42.2 Å². The van der Waals surface area contributed by atoms with E-state index in [4.69, 9.17) is 14.4 Å². The Hall–Kier alpha value is -7.56. The number of aromatic nitrogens is 2. The molecule has 0 saturated heterocycles. The number of rotatable bonds is 9. The highest BCUT2D eigenvalue weighted by molar-refractivity contribution is 6.09. The first kappa shape index (κ1) is 37.4. The van der Waals surface area contributed by atoms with E-state index < -0.39 is 0 Å². The molecule has 0 unspecified atom stereocenters. The number of nitrogens with zero attached hydrogens (tertiary/aromatic N) is 3. The number of para-hydroxylation sites is 2. The molecule has 0 radical (unpaired) electrons. The fraction of sp³-hybridized carbons (Fsp3) is 0.103. The summed E-state index contributed by atoms with van der Waals surface area (Å²) in [6.45, 7) is 0. The van der Waals surface area contributed by atoms with Gasteiger partial charge < -0.3 is 9.32 Å². The normalized spacial score (nSPS) is 13.1. The third-order valence-electron chi connectivity index (χ3n) is 12.5. The maximum atomic E-state index is 6.91. The summed E-state index contributed by atoms with van der Waals surface area (Å²) in [4.78, 5) is 12.5. The van der Waals surface area contributed by atoms with Gasteiger partial charge in [0.15, 0.2) is 5.58 Å². The van der Waals surface area contributed by atoms with E-state index in [1.807, 2.05) is 18.3 Å². The van der Waals surface area contributed by atoms with Crippen LogP contribution < -0.4 is 4.90 Å². The summed E-state index contributed by atoms with van der Waals surface area (Å²) in [6.07, 6.45) is 8.24. The van der Waals surface area contributed by atoms with E-state index >= 15 is 0 Å². The maximum Gasteiger partial charge on any atom is 0.228 e. The van der Waals surface area contributed by atoms with Crippen LogP contribution in [0.15, 0.2) is 211 Å². The van der Waals surface area contributed by atoms with E-state index in [1.165, 1.54) is 43.2 Å². The number of oxazole rings is 1. The molecule has 0 amide bonds. The number of benzene rings is 8. The highest BCUT2D eigenvalue weighted by Crippen LogP contribution is 2.53. The zero-order valence-corrected chi connectivity index (χ0v) is 34.5. The van der Waals surface area contributed by atoms with Crippen LogP contribution in [-0.2, 0) is 0 Å². The van der Waals surface area contributed by atoms with Crippen LogP contribution in [0.4, 0.5) is 17.1 Å². The standard InChI is InChI=1S/C58H45N3O/c1-6-18-40(19-7-1)42-31-33-44(34-32-42)55-53(43-22-10-3-11-23-43)50(58-60-57-52(62-58)36-35-45-26-17-37-59-56(45)57)39-51(61(48-27-12-4-13-28-48)49-29-14-5-15-30-49)54(55)47-25-16-24-46(38-47)41-20-8-2-9-21-41/h2-5,8-17,20-40H,1,6-7,18-19H2. The lowest BCUT2D eigenvalue weighted by Crippen LogP contribution is -2.13. The van der Waals surface area contributed by atoms with Crippen molar-refractivity contribution in [2.24, 2.45) is 0 Å². The van der Waals surface area contributed by atoms with Crippen molar-refractivity contribution in [1.82, 2.24) is 9.97 Å². The van der Waals surface area contributed by atoms with Gasteiger partial charge in [-0.15, -0.1) is 0 Å². The van der Waals surface area contributed by atoms with Crippen LogP contribution in [0.25, 0.3) is 78.0 Å². The molecule has 1 saturated carbocycles. The molecule has 0 aliphatic heterocycles. The van der Waals surface area contributed by atoms with Crippen LogP contribution in [0.2, 0.25) is 0 Å². The highest BCUT2D eigenvalue weighted by atomic mass is 16.3. The number of hydrogen-bond donors (Lipinski definition) is 0. The van der Waals surface area contributed by atoms with E-state index in [0.29, 0.717) is 17.4 Å². The molecule has 1 fully saturated rings. The van der Waals surface area contributed by atoms with Crippen molar-refractivity contribution in [2.45, 2.75) is 38.0 Å². The van der Waals surface area contributed by atoms with Crippen LogP contribution in [0, 0.1) is 0 Å². The molecule has 8 aromatic carbocycles. The minimum atomic E-state index is 0.545. The van der Waals surface area contributed by atoms with Crippen molar-refractivity contribution in [3.05, 3.63) is 212 Å². The summed E-state index contributed by atoms with van der Waals surface area (Å²) in [5, 5.41) is 1.02. The molecule has 298 valence electrons. The van der Waals surface area contributed by atoms with Gasteiger partial charge in [0, 0.05) is 45.2 Å². The van der Waals surface area contributed by atoms with Crippen molar-refractivity contribution < 1.29 is 4.42 Å². The smallest absolute Gasteiger partial charge is 0.228 e. The molecule has 0 spiro atoms. The molecule has 0 atom stereocenters. The third kappa shape index (κ3) is 7.04. The average molecular weight is 800 g/mol. The van der Waals surface area contributed by atoms with Crippen LogP contribution in [0.3, 0.4) is 0 Å². The van der Waals surface area contributed by atoms with Gasteiger partial charge in [0.1, 0.15) is 5.52 Å². The first-order chi connectivity index (χ1) is 30.8. The minimum absolute atomic E-state index is 0.545. The lowest BCUT2D eigenvalue weighted by molar-refractivity contribution is 0.443. The van der Waals surface area contributed by atoms with Crippen molar-refractivity contribution in [3.63, 3.8) is 0 Å². The molecule has 4 heteroatoms. The van der Waals surface area contributed by atoms with Crippen molar-refractivity contribution in [3.8, 4) is 56.0 Å². The van der Waals surface area contributed by atoms with E-state index in [2.05, 4.69) is 193 Å². The van der Waals surface area contributed by atoms with E-state index in [1.54, 1.807) is 0 Å². The molecule has 11 rings (SSSR count). The summed E-state index contributed by atoms with van der Waals surface area (Å²) in [5.41, 5.74) is 16.7. The fourth-order valence-electron chi connectivity index (χ4n) is 9.57. The van der Waals surface area contributed by atoms with Gasteiger partial charge >= 0.3 is 0 Å². The van der Waals surface area contributed by atoms with Gasteiger partial charge in [-0.25, -0.2) is 4.98 Å². The van der Waals surface area contributed by atoms with E-state index in [0.717, 1.165) is 78.0 Å². The molecule has 62 heavy (non-hydrogen) atoms. The molecule has 2 aromatic heterocycles. The second-order valence-electron chi connectivity index (χ2n) is 16.4. The Bertz CT molecular complexity index is 3100. The minimum Gasteiger partial charge on any atom is -0.436 e. The second kappa shape index (κ2) is 16.5. The second-order valence-corrected chi connectivity index (χ2v) is 16.4. The van der Waals surface area contributed by atoms with Crippen LogP contribution in [0.1, 0.15) is 43.6 Å². The molecule has 0 bridgehead atoms.